The van der Waals surface area contributed by atoms with Gasteiger partial charge in [0.25, 0.3) is 5.91 Å². The van der Waals surface area contributed by atoms with E-state index in [1.165, 1.54) is 5.56 Å². The lowest BCUT2D eigenvalue weighted by Crippen LogP contribution is -2.46. The fourth-order valence-electron chi connectivity index (χ4n) is 4.29. The molecule has 1 aliphatic rings. The van der Waals surface area contributed by atoms with Crippen LogP contribution in [0.5, 0.6) is 5.88 Å². The standard InChI is InChI=1S/C22H22N6O2/c1-30-20-8-7-19-24-18(15-28(19)26-20)22(16-5-3-2-4-6-16)10-13-27(14-11-22)21(29)17-9-12-23-25-17/h2-9,12,15H,10-11,13-14H2,1H3,(H,23,25). The highest BCUT2D eigenvalue weighted by Gasteiger charge is 2.41. The molecule has 30 heavy (non-hydrogen) atoms. The molecule has 0 radical (unpaired) electrons. The number of likely N-dealkylation sites (tertiary alicyclic amines) is 1. The van der Waals surface area contributed by atoms with E-state index in [0.29, 0.717) is 24.7 Å². The van der Waals surface area contributed by atoms with E-state index < -0.39 is 0 Å². The van der Waals surface area contributed by atoms with E-state index in [1.54, 1.807) is 23.9 Å². The van der Waals surface area contributed by atoms with Crippen LogP contribution in [-0.2, 0) is 5.41 Å². The number of methoxy groups -OCH3 is 1. The molecular formula is C22H22N6O2. The van der Waals surface area contributed by atoms with Crippen molar-refractivity contribution in [2.45, 2.75) is 18.3 Å². The van der Waals surface area contributed by atoms with Crippen LogP contribution in [0.3, 0.4) is 0 Å². The van der Waals surface area contributed by atoms with Crippen molar-refractivity contribution in [3.8, 4) is 5.88 Å². The number of ether oxygens (including phenoxy) is 1. The summed E-state index contributed by atoms with van der Waals surface area (Å²) in [5.74, 6) is 0.524. The zero-order chi connectivity index (χ0) is 20.6. The van der Waals surface area contributed by atoms with Crippen LogP contribution in [0, 0.1) is 0 Å². The summed E-state index contributed by atoms with van der Waals surface area (Å²) in [6.45, 7) is 1.27. The number of piperidine rings is 1. The summed E-state index contributed by atoms with van der Waals surface area (Å²) in [4.78, 5) is 19.6. The van der Waals surface area contributed by atoms with E-state index in [2.05, 4.69) is 39.6 Å². The van der Waals surface area contributed by atoms with Gasteiger partial charge in [-0.05, 0) is 30.5 Å². The van der Waals surface area contributed by atoms with Gasteiger partial charge in [0.1, 0.15) is 5.69 Å². The number of benzene rings is 1. The maximum atomic E-state index is 12.8. The van der Waals surface area contributed by atoms with E-state index in [0.717, 1.165) is 24.2 Å². The minimum atomic E-state index is -0.285. The van der Waals surface area contributed by atoms with Gasteiger partial charge >= 0.3 is 0 Å². The molecule has 8 nitrogen and oxygen atoms in total. The molecule has 0 bridgehead atoms. The largest absolute Gasteiger partial charge is 0.480 e. The molecule has 0 atom stereocenters. The third-order valence-electron chi connectivity index (χ3n) is 5.96. The van der Waals surface area contributed by atoms with Crippen molar-refractivity contribution in [3.05, 3.63) is 77.9 Å². The Balaban J connectivity index is 1.51. The van der Waals surface area contributed by atoms with E-state index in [4.69, 9.17) is 9.72 Å². The van der Waals surface area contributed by atoms with Crippen LogP contribution in [0.25, 0.3) is 5.65 Å². The number of carbonyl (C=O) groups is 1. The fraction of sp³-hybridized carbons (Fsp3) is 0.273. The molecule has 1 amide bonds. The van der Waals surface area contributed by atoms with Crippen molar-refractivity contribution in [1.29, 1.82) is 0 Å². The first-order valence-electron chi connectivity index (χ1n) is 9.95. The van der Waals surface area contributed by atoms with Crippen molar-refractivity contribution in [2.24, 2.45) is 0 Å². The number of nitrogens with one attached hydrogen (secondary N) is 1. The first-order chi connectivity index (χ1) is 14.7. The van der Waals surface area contributed by atoms with E-state index in [9.17, 15) is 4.79 Å². The summed E-state index contributed by atoms with van der Waals surface area (Å²) < 4.78 is 7.02. The van der Waals surface area contributed by atoms with Crippen LogP contribution < -0.4 is 4.74 Å². The molecule has 0 aliphatic carbocycles. The lowest BCUT2D eigenvalue weighted by Gasteiger charge is -2.41. The second-order valence-electron chi connectivity index (χ2n) is 7.52. The van der Waals surface area contributed by atoms with Crippen molar-refractivity contribution < 1.29 is 9.53 Å². The average Bonchev–Trinajstić information content (AvgIpc) is 3.49. The smallest absolute Gasteiger partial charge is 0.271 e. The number of amides is 1. The molecule has 0 unspecified atom stereocenters. The molecule has 0 spiro atoms. The molecule has 1 fully saturated rings. The van der Waals surface area contributed by atoms with Crippen LogP contribution in [0.2, 0.25) is 0 Å². The van der Waals surface area contributed by atoms with Gasteiger partial charge in [0, 0.05) is 30.8 Å². The Kier molecular flexibility index (Phi) is 4.46. The molecule has 1 N–H and O–H groups in total. The third kappa shape index (κ3) is 3.01. The molecule has 4 aromatic rings. The molecule has 1 aliphatic heterocycles. The number of carbonyl (C=O) groups excluding carboxylic acids is 1. The molecule has 3 aromatic heterocycles. The predicted octanol–water partition coefficient (Wildman–Crippen LogP) is 2.68. The van der Waals surface area contributed by atoms with E-state index >= 15 is 0 Å². The van der Waals surface area contributed by atoms with Crippen LogP contribution in [0.4, 0.5) is 0 Å². The molecule has 1 saturated heterocycles. The quantitative estimate of drug-likeness (QED) is 0.567. The zero-order valence-electron chi connectivity index (χ0n) is 16.7. The van der Waals surface area contributed by atoms with Crippen LogP contribution in [-0.4, -0.2) is 55.8 Å². The minimum Gasteiger partial charge on any atom is -0.480 e. The van der Waals surface area contributed by atoms with Crippen molar-refractivity contribution in [1.82, 2.24) is 29.7 Å². The highest BCUT2D eigenvalue weighted by atomic mass is 16.5. The van der Waals surface area contributed by atoms with Crippen molar-refractivity contribution in [3.63, 3.8) is 0 Å². The highest BCUT2D eigenvalue weighted by Crippen LogP contribution is 2.41. The normalized spacial score (nSPS) is 16.0. The summed E-state index contributed by atoms with van der Waals surface area (Å²) in [6, 6.07) is 15.8. The maximum Gasteiger partial charge on any atom is 0.271 e. The number of fused-ring (bicyclic) bond motifs is 1. The lowest BCUT2D eigenvalue weighted by molar-refractivity contribution is 0.0678. The van der Waals surface area contributed by atoms with Crippen LogP contribution in [0.1, 0.15) is 34.6 Å². The number of imidazole rings is 1. The number of aromatic amines is 1. The van der Waals surface area contributed by atoms with Gasteiger partial charge in [-0.3, -0.25) is 9.89 Å². The number of aromatic nitrogens is 5. The van der Waals surface area contributed by atoms with E-state index in [-0.39, 0.29) is 11.3 Å². The van der Waals surface area contributed by atoms with Crippen molar-refractivity contribution >= 4 is 11.6 Å². The minimum absolute atomic E-state index is 0.0180. The van der Waals surface area contributed by atoms with E-state index in [1.807, 2.05) is 29.3 Å². The van der Waals surface area contributed by atoms with Gasteiger partial charge < -0.3 is 9.64 Å². The zero-order valence-corrected chi connectivity index (χ0v) is 16.7. The number of rotatable bonds is 4. The summed E-state index contributed by atoms with van der Waals surface area (Å²) in [5, 5.41) is 11.1. The molecule has 0 saturated carbocycles. The fourth-order valence-corrected chi connectivity index (χ4v) is 4.29. The van der Waals surface area contributed by atoms with Crippen LogP contribution in [0.15, 0.2) is 60.9 Å². The van der Waals surface area contributed by atoms with Gasteiger partial charge in [0.05, 0.1) is 19.0 Å². The number of hydrogen-bond acceptors (Lipinski definition) is 5. The second-order valence-corrected chi connectivity index (χ2v) is 7.52. The molecule has 1 aromatic carbocycles. The topological polar surface area (TPSA) is 88.4 Å². The van der Waals surface area contributed by atoms with Gasteiger partial charge in [-0.15, -0.1) is 5.10 Å². The summed E-state index contributed by atoms with van der Waals surface area (Å²) in [5.41, 5.74) is 3.17. The molecule has 5 rings (SSSR count). The summed E-state index contributed by atoms with van der Waals surface area (Å²) in [7, 11) is 1.60. The van der Waals surface area contributed by atoms with Crippen molar-refractivity contribution in [2.75, 3.05) is 20.2 Å². The van der Waals surface area contributed by atoms with Gasteiger partial charge in [0.2, 0.25) is 5.88 Å². The summed E-state index contributed by atoms with van der Waals surface area (Å²) in [6.07, 6.45) is 5.14. The predicted molar refractivity (Wildman–Crippen MR) is 110 cm³/mol. The molecule has 152 valence electrons. The monoisotopic (exact) mass is 402 g/mol. The Morgan fingerprint density at radius 3 is 2.60 bits per heavy atom. The van der Waals surface area contributed by atoms with Gasteiger partial charge in [-0.25, -0.2) is 9.50 Å². The highest BCUT2D eigenvalue weighted by molar-refractivity contribution is 5.92. The Labute approximate surface area is 173 Å². The second kappa shape index (κ2) is 7.29. The average molecular weight is 402 g/mol. The SMILES string of the molecule is COc1ccc2nc(C3(c4ccccc4)CCN(C(=O)c4ccn[nH]4)CC3)cn2n1. The molecule has 4 heterocycles. The van der Waals surface area contributed by atoms with Crippen LogP contribution >= 0.6 is 0 Å². The van der Waals surface area contributed by atoms with Gasteiger partial charge in [-0.2, -0.15) is 5.10 Å². The first kappa shape index (κ1) is 18.4. The Hall–Kier alpha value is -3.68. The van der Waals surface area contributed by atoms with Gasteiger partial charge in [-0.1, -0.05) is 30.3 Å². The molecular weight excluding hydrogens is 380 g/mol. The molecule has 8 heteroatoms. The Morgan fingerprint density at radius 2 is 1.90 bits per heavy atom. The van der Waals surface area contributed by atoms with Gasteiger partial charge in [0.15, 0.2) is 5.65 Å². The Bertz CT molecular complexity index is 1160. The Morgan fingerprint density at radius 1 is 1.10 bits per heavy atom. The number of nitrogens with zero attached hydrogens (tertiary/aromatic N) is 5. The third-order valence-corrected chi connectivity index (χ3v) is 5.96. The number of H-pyrrole nitrogens is 1. The number of hydrogen-bond donors (Lipinski definition) is 1. The lowest BCUT2D eigenvalue weighted by atomic mass is 9.70. The summed E-state index contributed by atoms with van der Waals surface area (Å²) >= 11 is 0. The first-order valence-corrected chi connectivity index (χ1v) is 9.95. The maximum absolute atomic E-state index is 12.8.